The van der Waals surface area contributed by atoms with E-state index in [1.54, 1.807) is 13.0 Å². The topological polar surface area (TPSA) is 55.8 Å². The van der Waals surface area contributed by atoms with E-state index in [-0.39, 0.29) is 12.1 Å². The number of esters is 1. The molecule has 0 amide bonds. The van der Waals surface area contributed by atoms with Gasteiger partial charge in [-0.2, -0.15) is 0 Å². The van der Waals surface area contributed by atoms with Gasteiger partial charge in [-0.15, -0.1) is 6.58 Å². The molecule has 3 atom stereocenters. The first-order chi connectivity index (χ1) is 10.0. The van der Waals surface area contributed by atoms with Gasteiger partial charge in [0.15, 0.2) is 0 Å². The standard InChI is InChI=1S/C17H28O4/c1-5-12-17(6-2,16(19)20-7-3)13(4)21-15-11-9-8-10-14(15)18/h5,14-15,18H,1,4,6-12H2,2-3H3/t14-,15-,17-/m0/s1. The second kappa shape index (κ2) is 8.23. The highest BCUT2D eigenvalue weighted by molar-refractivity contribution is 5.80. The minimum Gasteiger partial charge on any atom is -0.491 e. The fourth-order valence-corrected chi connectivity index (χ4v) is 2.82. The van der Waals surface area contributed by atoms with E-state index in [9.17, 15) is 9.90 Å². The maximum absolute atomic E-state index is 12.4. The minimum absolute atomic E-state index is 0.281. The maximum atomic E-state index is 12.4. The average Bonchev–Trinajstić information content (AvgIpc) is 2.47. The van der Waals surface area contributed by atoms with Crippen LogP contribution in [0.5, 0.6) is 0 Å². The van der Waals surface area contributed by atoms with E-state index in [1.165, 1.54) is 0 Å². The Morgan fingerprint density at radius 1 is 1.38 bits per heavy atom. The highest BCUT2D eigenvalue weighted by Crippen LogP contribution is 2.39. The van der Waals surface area contributed by atoms with Gasteiger partial charge in [-0.05, 0) is 39.0 Å². The molecular weight excluding hydrogens is 268 g/mol. The van der Waals surface area contributed by atoms with Crippen molar-refractivity contribution >= 4 is 5.97 Å². The van der Waals surface area contributed by atoms with E-state index in [4.69, 9.17) is 9.47 Å². The first-order valence-electron chi connectivity index (χ1n) is 7.84. The molecule has 0 aliphatic heterocycles. The van der Waals surface area contributed by atoms with Gasteiger partial charge in [0.2, 0.25) is 0 Å². The van der Waals surface area contributed by atoms with Crippen LogP contribution in [-0.2, 0) is 14.3 Å². The molecule has 0 aromatic heterocycles. The molecule has 0 spiro atoms. The number of aliphatic hydroxyl groups is 1. The van der Waals surface area contributed by atoms with Gasteiger partial charge in [0.25, 0.3) is 0 Å². The maximum Gasteiger partial charge on any atom is 0.320 e. The quantitative estimate of drug-likeness (QED) is 0.424. The number of ether oxygens (including phenoxy) is 2. The number of aliphatic hydroxyl groups excluding tert-OH is 1. The molecule has 1 rings (SSSR count). The van der Waals surface area contributed by atoms with Crippen LogP contribution in [0.2, 0.25) is 0 Å². The van der Waals surface area contributed by atoms with Crippen LogP contribution in [0.25, 0.3) is 0 Å². The van der Waals surface area contributed by atoms with E-state index in [0.29, 0.717) is 25.2 Å². The first-order valence-corrected chi connectivity index (χ1v) is 7.84. The predicted octanol–water partition coefficient (Wildman–Crippen LogP) is 3.36. The average molecular weight is 296 g/mol. The number of hydrogen-bond acceptors (Lipinski definition) is 4. The predicted molar refractivity (Wildman–Crippen MR) is 82.7 cm³/mol. The van der Waals surface area contributed by atoms with Crippen molar-refractivity contribution in [3.63, 3.8) is 0 Å². The fourth-order valence-electron chi connectivity index (χ4n) is 2.82. The second-order valence-corrected chi connectivity index (χ2v) is 5.58. The lowest BCUT2D eigenvalue weighted by molar-refractivity contribution is -0.157. The van der Waals surface area contributed by atoms with E-state index in [2.05, 4.69) is 13.2 Å². The van der Waals surface area contributed by atoms with Crippen LogP contribution < -0.4 is 0 Å². The third-order valence-corrected chi connectivity index (χ3v) is 4.26. The van der Waals surface area contributed by atoms with E-state index >= 15 is 0 Å². The Morgan fingerprint density at radius 3 is 2.57 bits per heavy atom. The van der Waals surface area contributed by atoms with Crippen molar-refractivity contribution in [2.24, 2.45) is 5.41 Å². The Labute approximate surface area is 127 Å². The fraction of sp³-hybridized carbons (Fsp3) is 0.706. The highest BCUT2D eigenvalue weighted by atomic mass is 16.5. The summed E-state index contributed by atoms with van der Waals surface area (Å²) >= 11 is 0. The summed E-state index contributed by atoms with van der Waals surface area (Å²) in [7, 11) is 0. The SMILES string of the molecule is C=CC[C@@](CC)(C(=C)O[C@H]1CCCC[C@@H]1O)C(=O)OCC. The largest absolute Gasteiger partial charge is 0.491 e. The van der Waals surface area contributed by atoms with Crippen molar-refractivity contribution in [3.05, 3.63) is 25.0 Å². The van der Waals surface area contributed by atoms with Gasteiger partial charge in [0.1, 0.15) is 17.3 Å². The molecule has 1 fully saturated rings. The normalized spacial score (nSPS) is 24.7. The van der Waals surface area contributed by atoms with Crippen LogP contribution in [0.1, 0.15) is 52.4 Å². The molecule has 1 N–H and O–H groups in total. The smallest absolute Gasteiger partial charge is 0.320 e. The molecule has 21 heavy (non-hydrogen) atoms. The molecule has 0 bridgehead atoms. The molecule has 0 aromatic carbocycles. The Bertz CT molecular complexity index is 377. The number of carbonyl (C=O) groups is 1. The molecule has 1 aliphatic rings. The number of allylic oxidation sites excluding steroid dienone is 1. The highest BCUT2D eigenvalue weighted by Gasteiger charge is 2.43. The van der Waals surface area contributed by atoms with Crippen molar-refractivity contribution in [2.45, 2.75) is 64.6 Å². The van der Waals surface area contributed by atoms with Crippen molar-refractivity contribution in [1.82, 2.24) is 0 Å². The van der Waals surface area contributed by atoms with Gasteiger partial charge >= 0.3 is 5.97 Å². The molecule has 4 nitrogen and oxygen atoms in total. The first kappa shape index (κ1) is 17.8. The van der Waals surface area contributed by atoms with Crippen molar-refractivity contribution in [3.8, 4) is 0 Å². The molecule has 1 aliphatic carbocycles. The minimum atomic E-state index is -0.908. The molecule has 120 valence electrons. The lowest BCUT2D eigenvalue weighted by atomic mass is 9.79. The molecule has 0 radical (unpaired) electrons. The van der Waals surface area contributed by atoms with E-state index in [1.807, 2.05) is 6.92 Å². The molecule has 0 unspecified atom stereocenters. The molecular formula is C17H28O4. The zero-order valence-corrected chi connectivity index (χ0v) is 13.3. The summed E-state index contributed by atoms with van der Waals surface area (Å²) in [5.74, 6) is 0.0528. The lowest BCUT2D eigenvalue weighted by Crippen LogP contribution is -2.39. The summed E-state index contributed by atoms with van der Waals surface area (Å²) < 4.78 is 11.1. The Kier molecular flexibility index (Phi) is 6.96. The summed E-state index contributed by atoms with van der Waals surface area (Å²) in [6, 6.07) is 0. The van der Waals surface area contributed by atoms with Crippen molar-refractivity contribution in [2.75, 3.05) is 6.61 Å². The molecule has 1 saturated carbocycles. The summed E-state index contributed by atoms with van der Waals surface area (Å²) in [4.78, 5) is 12.4. The zero-order chi connectivity index (χ0) is 15.9. The van der Waals surface area contributed by atoms with Crippen LogP contribution in [0.3, 0.4) is 0 Å². The Hall–Kier alpha value is -1.29. The number of hydrogen-bond donors (Lipinski definition) is 1. The van der Waals surface area contributed by atoms with Gasteiger partial charge in [-0.1, -0.05) is 26.0 Å². The van der Waals surface area contributed by atoms with Crippen molar-refractivity contribution < 1.29 is 19.4 Å². The lowest BCUT2D eigenvalue weighted by Gasteiger charge is -2.36. The molecule has 0 heterocycles. The van der Waals surface area contributed by atoms with Gasteiger partial charge in [-0.25, -0.2) is 0 Å². The summed E-state index contributed by atoms with van der Waals surface area (Å²) in [6.07, 6.45) is 5.42. The van der Waals surface area contributed by atoms with Crippen LogP contribution in [0.15, 0.2) is 25.0 Å². The summed E-state index contributed by atoms with van der Waals surface area (Å²) in [5, 5.41) is 10.0. The van der Waals surface area contributed by atoms with Crippen LogP contribution in [0.4, 0.5) is 0 Å². The molecule has 0 saturated heterocycles. The Balaban J connectivity index is 2.88. The second-order valence-electron chi connectivity index (χ2n) is 5.58. The van der Waals surface area contributed by atoms with Crippen molar-refractivity contribution in [1.29, 1.82) is 0 Å². The van der Waals surface area contributed by atoms with E-state index < -0.39 is 11.5 Å². The molecule has 0 aromatic rings. The number of rotatable bonds is 8. The zero-order valence-electron chi connectivity index (χ0n) is 13.3. The van der Waals surface area contributed by atoms with Gasteiger partial charge in [0.05, 0.1) is 12.7 Å². The van der Waals surface area contributed by atoms with Crippen LogP contribution >= 0.6 is 0 Å². The van der Waals surface area contributed by atoms with Gasteiger partial charge in [0, 0.05) is 0 Å². The van der Waals surface area contributed by atoms with E-state index in [0.717, 1.165) is 25.7 Å². The third kappa shape index (κ3) is 4.10. The summed E-state index contributed by atoms with van der Waals surface area (Å²) in [6.45, 7) is 11.7. The Morgan fingerprint density at radius 2 is 2.05 bits per heavy atom. The third-order valence-electron chi connectivity index (χ3n) is 4.26. The monoisotopic (exact) mass is 296 g/mol. The van der Waals surface area contributed by atoms with Crippen LogP contribution in [0, 0.1) is 5.41 Å². The number of carbonyl (C=O) groups excluding carboxylic acids is 1. The van der Waals surface area contributed by atoms with Gasteiger partial charge in [-0.3, -0.25) is 4.79 Å². The molecule has 4 heteroatoms. The van der Waals surface area contributed by atoms with Crippen LogP contribution in [-0.4, -0.2) is 29.9 Å². The van der Waals surface area contributed by atoms with Gasteiger partial charge < -0.3 is 14.6 Å². The summed E-state index contributed by atoms with van der Waals surface area (Å²) in [5.41, 5.74) is -0.908.